The Labute approximate surface area is 161 Å². The molecule has 8 heteroatoms. The van der Waals surface area contributed by atoms with Crippen LogP contribution < -0.4 is 9.64 Å². The number of hydrogen-bond acceptors (Lipinski definition) is 5. The molecule has 0 unspecified atom stereocenters. The Morgan fingerprint density at radius 1 is 1.33 bits per heavy atom. The number of ether oxygens (including phenoxy) is 1. The van der Waals surface area contributed by atoms with Crippen LogP contribution in [-0.2, 0) is 19.4 Å². The number of halogens is 1. The maximum Gasteiger partial charge on any atom is 0.356 e. The van der Waals surface area contributed by atoms with E-state index < -0.39 is 5.97 Å². The van der Waals surface area contributed by atoms with E-state index in [1.54, 1.807) is 7.11 Å². The van der Waals surface area contributed by atoms with Crippen LogP contribution in [0, 0.1) is 0 Å². The van der Waals surface area contributed by atoms with Crippen LogP contribution in [0.2, 0.25) is 5.15 Å². The van der Waals surface area contributed by atoms with E-state index in [0.29, 0.717) is 29.5 Å². The van der Waals surface area contributed by atoms with Crippen LogP contribution in [0.25, 0.3) is 5.65 Å². The van der Waals surface area contributed by atoms with Gasteiger partial charge in [-0.05, 0) is 30.5 Å². The Morgan fingerprint density at radius 2 is 2.07 bits per heavy atom. The van der Waals surface area contributed by atoms with E-state index in [0.717, 1.165) is 35.5 Å². The number of benzene rings is 1. The predicted octanol–water partition coefficient (Wildman–Crippen LogP) is 3.21. The second-order valence-corrected chi connectivity index (χ2v) is 6.80. The molecule has 0 fully saturated rings. The average Bonchev–Trinajstić information content (AvgIpc) is 3.24. The van der Waals surface area contributed by atoms with E-state index in [2.05, 4.69) is 15.0 Å². The number of aromatic carboxylic acids is 1. The minimum absolute atomic E-state index is 0.0773. The van der Waals surface area contributed by atoms with Gasteiger partial charge in [0.25, 0.3) is 0 Å². The summed E-state index contributed by atoms with van der Waals surface area (Å²) >= 11 is 6.39. The molecule has 1 aliphatic rings. The number of nitrogens with zero attached hydrogens (tertiary/aromatic N) is 4. The smallest absolute Gasteiger partial charge is 0.356 e. The van der Waals surface area contributed by atoms with Gasteiger partial charge in [0, 0.05) is 18.7 Å². The van der Waals surface area contributed by atoms with Gasteiger partial charge in [0.15, 0.2) is 16.5 Å². The molecule has 3 aromatic rings. The second kappa shape index (κ2) is 6.74. The van der Waals surface area contributed by atoms with Gasteiger partial charge in [-0.3, -0.25) is 0 Å². The number of rotatable bonds is 5. The molecular weight excluding hydrogens is 368 g/mol. The highest BCUT2D eigenvalue weighted by Gasteiger charge is 2.30. The molecule has 0 bridgehead atoms. The Hall–Kier alpha value is -2.80. The van der Waals surface area contributed by atoms with Crippen LogP contribution in [0.3, 0.4) is 0 Å². The number of anilines is 1. The van der Waals surface area contributed by atoms with Crippen molar-refractivity contribution in [1.82, 2.24) is 14.6 Å². The quantitative estimate of drug-likeness (QED) is 0.725. The van der Waals surface area contributed by atoms with E-state index in [4.69, 9.17) is 16.3 Å². The van der Waals surface area contributed by atoms with Gasteiger partial charge in [-0.1, -0.05) is 30.7 Å². The lowest BCUT2D eigenvalue weighted by Gasteiger charge is -2.20. The summed E-state index contributed by atoms with van der Waals surface area (Å²) < 4.78 is 6.58. The molecule has 0 radical (unpaired) electrons. The van der Waals surface area contributed by atoms with Gasteiger partial charge in [0.2, 0.25) is 0 Å². The molecule has 7 nitrogen and oxygen atoms in total. The Balaban J connectivity index is 1.81. The monoisotopic (exact) mass is 386 g/mol. The molecule has 0 saturated carbocycles. The normalized spacial score (nSPS) is 13.2. The van der Waals surface area contributed by atoms with Gasteiger partial charge in [-0.2, -0.15) is 5.10 Å². The fourth-order valence-electron chi connectivity index (χ4n) is 3.57. The fourth-order valence-corrected chi connectivity index (χ4v) is 3.83. The molecule has 3 heterocycles. The van der Waals surface area contributed by atoms with Gasteiger partial charge < -0.3 is 14.7 Å². The summed E-state index contributed by atoms with van der Waals surface area (Å²) in [5, 5.41) is 14.2. The van der Waals surface area contributed by atoms with Crippen molar-refractivity contribution in [1.29, 1.82) is 0 Å². The molecule has 0 saturated heterocycles. The van der Waals surface area contributed by atoms with Crippen molar-refractivity contribution in [2.24, 2.45) is 0 Å². The van der Waals surface area contributed by atoms with Crippen molar-refractivity contribution in [2.45, 2.75) is 26.3 Å². The lowest BCUT2D eigenvalue weighted by Crippen LogP contribution is -2.20. The van der Waals surface area contributed by atoms with Crippen molar-refractivity contribution in [2.75, 3.05) is 18.6 Å². The highest BCUT2D eigenvalue weighted by Crippen LogP contribution is 2.37. The van der Waals surface area contributed by atoms with Crippen LogP contribution in [-0.4, -0.2) is 39.3 Å². The summed E-state index contributed by atoms with van der Waals surface area (Å²) in [6, 6.07) is 7.88. The zero-order chi connectivity index (χ0) is 19.1. The molecule has 2 aromatic heterocycles. The third-order valence-electron chi connectivity index (χ3n) is 4.88. The summed E-state index contributed by atoms with van der Waals surface area (Å²) in [5.74, 6) is -0.246. The van der Waals surface area contributed by atoms with Gasteiger partial charge in [-0.15, -0.1) is 0 Å². The van der Waals surface area contributed by atoms with Crippen molar-refractivity contribution < 1.29 is 14.6 Å². The number of imidazole rings is 1. The molecule has 1 aliphatic heterocycles. The first-order chi connectivity index (χ1) is 13.0. The third-order valence-corrected chi connectivity index (χ3v) is 5.18. The van der Waals surface area contributed by atoms with E-state index in [-0.39, 0.29) is 5.69 Å². The number of hydrogen-bond donors (Lipinski definition) is 1. The summed E-state index contributed by atoms with van der Waals surface area (Å²) in [7, 11) is 1.64. The van der Waals surface area contributed by atoms with Crippen molar-refractivity contribution >= 4 is 28.9 Å². The molecule has 1 N–H and O–H groups in total. The topological polar surface area (TPSA) is 80.0 Å². The number of carboxylic acid groups (broad SMARTS) is 1. The minimum Gasteiger partial charge on any atom is -0.497 e. The first kappa shape index (κ1) is 17.6. The molecule has 1 aromatic carbocycles. The largest absolute Gasteiger partial charge is 0.497 e. The van der Waals surface area contributed by atoms with Crippen LogP contribution in [0.15, 0.2) is 24.3 Å². The maximum atomic E-state index is 11.7. The number of aromatic nitrogens is 3. The van der Waals surface area contributed by atoms with Crippen molar-refractivity contribution in [3.05, 3.63) is 51.9 Å². The first-order valence-corrected chi connectivity index (χ1v) is 9.12. The molecule has 0 amide bonds. The number of carbonyl (C=O) groups is 1. The number of aryl methyl sites for hydroxylation is 1. The molecule has 27 heavy (non-hydrogen) atoms. The van der Waals surface area contributed by atoms with E-state index in [1.807, 2.05) is 31.2 Å². The van der Waals surface area contributed by atoms with Crippen LogP contribution in [0.1, 0.15) is 34.2 Å². The van der Waals surface area contributed by atoms with Crippen molar-refractivity contribution in [3.63, 3.8) is 0 Å². The van der Waals surface area contributed by atoms with E-state index >= 15 is 0 Å². The van der Waals surface area contributed by atoms with E-state index in [1.165, 1.54) is 4.52 Å². The molecule has 140 valence electrons. The maximum absolute atomic E-state index is 11.7. The Kier molecular flexibility index (Phi) is 4.39. The SMILES string of the molecule is CCc1nc2c3c(c(Cl)nn2c1C(=O)O)CCN3Cc1ccc(OC)cc1. The number of methoxy groups -OCH3 is 1. The molecule has 0 spiro atoms. The summed E-state index contributed by atoms with van der Waals surface area (Å²) in [4.78, 5) is 18.5. The van der Waals surface area contributed by atoms with Crippen molar-refractivity contribution in [3.8, 4) is 5.75 Å². The zero-order valence-corrected chi connectivity index (χ0v) is 15.8. The lowest BCUT2D eigenvalue weighted by atomic mass is 10.2. The Bertz CT molecular complexity index is 1030. The highest BCUT2D eigenvalue weighted by atomic mass is 35.5. The molecule has 4 rings (SSSR count). The molecule has 0 aliphatic carbocycles. The summed E-state index contributed by atoms with van der Waals surface area (Å²) in [5.41, 5.74) is 4.05. The number of fused-ring (bicyclic) bond motifs is 3. The summed E-state index contributed by atoms with van der Waals surface area (Å²) in [6.45, 7) is 3.33. The van der Waals surface area contributed by atoms with Gasteiger partial charge >= 0.3 is 5.97 Å². The highest BCUT2D eigenvalue weighted by molar-refractivity contribution is 6.30. The molecular formula is C19H19ClN4O3. The lowest BCUT2D eigenvalue weighted by molar-refractivity contribution is 0.0686. The predicted molar refractivity (Wildman–Crippen MR) is 102 cm³/mol. The van der Waals surface area contributed by atoms with E-state index in [9.17, 15) is 9.90 Å². The second-order valence-electron chi connectivity index (χ2n) is 6.44. The zero-order valence-electron chi connectivity index (χ0n) is 15.1. The molecule has 0 atom stereocenters. The van der Waals surface area contributed by atoms with Gasteiger partial charge in [-0.25, -0.2) is 14.3 Å². The minimum atomic E-state index is -1.05. The van der Waals surface area contributed by atoms with Crippen LogP contribution >= 0.6 is 11.6 Å². The van der Waals surface area contributed by atoms with Gasteiger partial charge in [0.1, 0.15) is 5.75 Å². The standard InChI is InChI=1S/C19H19ClN4O3/c1-3-14-16(19(25)26)24-18(21-14)15-13(17(20)22-24)8-9-23(15)10-11-4-6-12(27-2)7-5-11/h4-7H,3,8-10H2,1-2H3,(H,25,26). The first-order valence-electron chi connectivity index (χ1n) is 8.74. The third kappa shape index (κ3) is 2.88. The van der Waals surface area contributed by atoms with Gasteiger partial charge in [0.05, 0.1) is 18.5 Å². The van der Waals surface area contributed by atoms with Crippen LogP contribution in [0.4, 0.5) is 5.69 Å². The summed E-state index contributed by atoms with van der Waals surface area (Å²) in [6.07, 6.45) is 1.26. The average molecular weight is 387 g/mol. The Morgan fingerprint density at radius 3 is 2.70 bits per heavy atom. The number of carboxylic acids is 1. The fraction of sp³-hybridized carbons (Fsp3) is 0.316. The van der Waals surface area contributed by atoms with Crippen LogP contribution in [0.5, 0.6) is 5.75 Å².